The second kappa shape index (κ2) is 5.94. The van der Waals surface area contributed by atoms with E-state index in [4.69, 9.17) is 4.74 Å². The van der Waals surface area contributed by atoms with Crippen molar-refractivity contribution >= 4 is 5.91 Å². The number of likely N-dealkylation sites (tertiary alicyclic amines) is 1. The Labute approximate surface area is 120 Å². The van der Waals surface area contributed by atoms with E-state index in [1.807, 2.05) is 30.1 Å². The highest BCUT2D eigenvalue weighted by molar-refractivity contribution is 5.94. The fourth-order valence-electron chi connectivity index (χ4n) is 3.19. The molecule has 1 amide bonds. The van der Waals surface area contributed by atoms with Crippen LogP contribution in [0, 0.1) is 5.92 Å². The Morgan fingerprint density at radius 3 is 3.10 bits per heavy atom. The van der Waals surface area contributed by atoms with E-state index in [-0.39, 0.29) is 5.91 Å². The highest BCUT2D eigenvalue weighted by Crippen LogP contribution is 2.23. The maximum atomic E-state index is 12.6. The zero-order valence-corrected chi connectivity index (χ0v) is 12.0. The van der Waals surface area contributed by atoms with E-state index in [2.05, 4.69) is 5.32 Å². The SMILES string of the molecule is CNCC1CCCN(C(=O)c2ccc3c(c2)COC3)C1. The fourth-order valence-corrected chi connectivity index (χ4v) is 3.19. The zero-order valence-electron chi connectivity index (χ0n) is 12.0. The van der Waals surface area contributed by atoms with E-state index in [9.17, 15) is 4.79 Å². The Balaban J connectivity index is 1.72. The summed E-state index contributed by atoms with van der Waals surface area (Å²) in [5.74, 6) is 0.746. The number of hydrogen-bond donors (Lipinski definition) is 1. The van der Waals surface area contributed by atoms with E-state index in [1.165, 1.54) is 17.5 Å². The number of ether oxygens (including phenoxy) is 1. The van der Waals surface area contributed by atoms with Gasteiger partial charge in [-0.1, -0.05) is 6.07 Å². The van der Waals surface area contributed by atoms with Crippen LogP contribution in [0.1, 0.15) is 34.3 Å². The predicted octanol–water partition coefficient (Wildman–Crippen LogP) is 1.79. The molecule has 1 aromatic rings. The van der Waals surface area contributed by atoms with E-state index in [0.717, 1.165) is 31.6 Å². The maximum absolute atomic E-state index is 12.6. The van der Waals surface area contributed by atoms with Gasteiger partial charge in [0.1, 0.15) is 0 Å². The number of rotatable bonds is 3. The Kier molecular flexibility index (Phi) is 4.03. The van der Waals surface area contributed by atoms with Gasteiger partial charge in [0.15, 0.2) is 0 Å². The quantitative estimate of drug-likeness (QED) is 0.913. The van der Waals surface area contributed by atoms with Crippen molar-refractivity contribution in [2.75, 3.05) is 26.7 Å². The third-order valence-corrected chi connectivity index (χ3v) is 4.27. The fraction of sp³-hybridized carbons (Fsp3) is 0.562. The molecule has 0 aliphatic carbocycles. The third-order valence-electron chi connectivity index (χ3n) is 4.27. The van der Waals surface area contributed by atoms with Gasteiger partial charge in [0.25, 0.3) is 5.91 Å². The van der Waals surface area contributed by atoms with Crippen LogP contribution in [-0.2, 0) is 18.0 Å². The van der Waals surface area contributed by atoms with Crippen LogP contribution >= 0.6 is 0 Å². The molecule has 1 fully saturated rings. The van der Waals surface area contributed by atoms with Gasteiger partial charge in [-0.25, -0.2) is 0 Å². The van der Waals surface area contributed by atoms with E-state index < -0.39 is 0 Å². The summed E-state index contributed by atoms with van der Waals surface area (Å²) in [6.07, 6.45) is 2.31. The van der Waals surface area contributed by atoms with Crippen molar-refractivity contribution in [2.45, 2.75) is 26.1 Å². The standard InChI is InChI=1S/C16H22N2O2/c1-17-8-12-3-2-6-18(9-12)16(19)13-4-5-14-10-20-11-15(14)7-13/h4-5,7,12,17H,2-3,6,8-11H2,1H3. The molecule has 1 N–H and O–H groups in total. The van der Waals surface area contributed by atoms with Crippen molar-refractivity contribution in [3.05, 3.63) is 34.9 Å². The van der Waals surface area contributed by atoms with Crippen molar-refractivity contribution in [3.63, 3.8) is 0 Å². The van der Waals surface area contributed by atoms with Crippen LogP contribution in [-0.4, -0.2) is 37.5 Å². The number of hydrogen-bond acceptors (Lipinski definition) is 3. The van der Waals surface area contributed by atoms with Crippen molar-refractivity contribution < 1.29 is 9.53 Å². The van der Waals surface area contributed by atoms with Gasteiger partial charge in [-0.3, -0.25) is 4.79 Å². The van der Waals surface area contributed by atoms with Crippen LogP contribution in [0.4, 0.5) is 0 Å². The minimum absolute atomic E-state index is 0.167. The normalized spacial score (nSPS) is 21.9. The summed E-state index contributed by atoms with van der Waals surface area (Å²) in [5, 5.41) is 3.22. The van der Waals surface area contributed by atoms with Gasteiger partial charge in [0.2, 0.25) is 0 Å². The van der Waals surface area contributed by atoms with Crippen LogP contribution in [0.5, 0.6) is 0 Å². The highest BCUT2D eigenvalue weighted by Gasteiger charge is 2.24. The molecule has 1 aromatic carbocycles. The van der Waals surface area contributed by atoms with Gasteiger partial charge in [-0.05, 0) is 55.6 Å². The summed E-state index contributed by atoms with van der Waals surface area (Å²) in [4.78, 5) is 14.6. The lowest BCUT2D eigenvalue weighted by Gasteiger charge is -2.32. The Morgan fingerprint density at radius 1 is 1.40 bits per heavy atom. The number of amides is 1. The molecule has 4 heteroatoms. The first-order chi connectivity index (χ1) is 9.78. The van der Waals surface area contributed by atoms with Gasteiger partial charge in [-0.2, -0.15) is 0 Å². The summed E-state index contributed by atoms with van der Waals surface area (Å²) >= 11 is 0. The lowest BCUT2D eigenvalue weighted by molar-refractivity contribution is 0.0674. The lowest BCUT2D eigenvalue weighted by Crippen LogP contribution is -2.42. The molecule has 2 heterocycles. The molecule has 2 aliphatic heterocycles. The van der Waals surface area contributed by atoms with Crippen molar-refractivity contribution in [1.82, 2.24) is 10.2 Å². The molecule has 2 aliphatic rings. The zero-order chi connectivity index (χ0) is 13.9. The Morgan fingerprint density at radius 2 is 2.25 bits per heavy atom. The van der Waals surface area contributed by atoms with Gasteiger partial charge in [0.05, 0.1) is 13.2 Å². The Hall–Kier alpha value is -1.39. The molecule has 0 saturated carbocycles. The van der Waals surface area contributed by atoms with Gasteiger partial charge in [-0.15, -0.1) is 0 Å². The maximum Gasteiger partial charge on any atom is 0.253 e. The number of benzene rings is 1. The van der Waals surface area contributed by atoms with Crippen LogP contribution < -0.4 is 5.32 Å². The smallest absolute Gasteiger partial charge is 0.253 e. The first kappa shape index (κ1) is 13.6. The highest BCUT2D eigenvalue weighted by atomic mass is 16.5. The molecule has 3 rings (SSSR count). The molecule has 0 radical (unpaired) electrons. The van der Waals surface area contributed by atoms with Crippen molar-refractivity contribution in [1.29, 1.82) is 0 Å². The number of piperidine rings is 1. The monoisotopic (exact) mass is 274 g/mol. The van der Waals surface area contributed by atoms with E-state index >= 15 is 0 Å². The number of nitrogens with one attached hydrogen (secondary N) is 1. The summed E-state index contributed by atoms with van der Waals surface area (Å²) in [6.45, 7) is 4.05. The van der Waals surface area contributed by atoms with Crippen LogP contribution in [0.15, 0.2) is 18.2 Å². The summed E-state index contributed by atoms with van der Waals surface area (Å²) in [6, 6.07) is 5.98. The number of carbonyl (C=O) groups is 1. The van der Waals surface area contributed by atoms with Gasteiger partial charge in [0, 0.05) is 18.7 Å². The molecule has 20 heavy (non-hydrogen) atoms. The second-order valence-corrected chi connectivity index (χ2v) is 5.79. The molecular weight excluding hydrogens is 252 g/mol. The van der Waals surface area contributed by atoms with E-state index in [1.54, 1.807) is 0 Å². The van der Waals surface area contributed by atoms with Crippen LogP contribution in [0.3, 0.4) is 0 Å². The molecular formula is C16H22N2O2. The number of fused-ring (bicyclic) bond motifs is 1. The van der Waals surface area contributed by atoms with Gasteiger partial charge >= 0.3 is 0 Å². The number of nitrogens with zero attached hydrogens (tertiary/aromatic N) is 1. The average molecular weight is 274 g/mol. The van der Waals surface area contributed by atoms with Crippen LogP contribution in [0.2, 0.25) is 0 Å². The summed E-state index contributed by atoms with van der Waals surface area (Å²) in [5.41, 5.74) is 3.19. The molecule has 1 saturated heterocycles. The van der Waals surface area contributed by atoms with E-state index in [0.29, 0.717) is 19.1 Å². The minimum Gasteiger partial charge on any atom is -0.372 e. The summed E-state index contributed by atoms with van der Waals surface area (Å²) in [7, 11) is 1.97. The predicted molar refractivity (Wildman–Crippen MR) is 77.5 cm³/mol. The second-order valence-electron chi connectivity index (χ2n) is 5.79. The lowest BCUT2D eigenvalue weighted by atomic mass is 9.97. The Bertz CT molecular complexity index is 499. The molecule has 108 valence electrons. The first-order valence-electron chi connectivity index (χ1n) is 7.41. The topological polar surface area (TPSA) is 41.6 Å². The average Bonchev–Trinajstić information content (AvgIpc) is 2.94. The van der Waals surface area contributed by atoms with Crippen molar-refractivity contribution in [2.24, 2.45) is 5.92 Å². The van der Waals surface area contributed by atoms with Gasteiger partial charge < -0.3 is 15.0 Å². The first-order valence-corrected chi connectivity index (χ1v) is 7.41. The van der Waals surface area contributed by atoms with Crippen molar-refractivity contribution in [3.8, 4) is 0 Å². The molecule has 0 aromatic heterocycles. The summed E-state index contributed by atoms with van der Waals surface area (Å²) < 4.78 is 5.41. The largest absolute Gasteiger partial charge is 0.372 e. The molecule has 4 nitrogen and oxygen atoms in total. The van der Waals surface area contributed by atoms with Crippen LogP contribution in [0.25, 0.3) is 0 Å². The number of carbonyl (C=O) groups excluding carboxylic acids is 1. The third kappa shape index (κ3) is 2.72. The molecule has 0 spiro atoms. The minimum atomic E-state index is 0.167. The molecule has 1 atom stereocenters. The molecule has 0 bridgehead atoms. The molecule has 1 unspecified atom stereocenters.